The highest BCUT2D eigenvalue weighted by Crippen LogP contribution is 2.47. The van der Waals surface area contributed by atoms with Crippen LogP contribution in [-0.2, 0) is 22.5 Å². The lowest BCUT2D eigenvalue weighted by Crippen LogP contribution is -2.60. The Labute approximate surface area is 256 Å². The Kier molecular flexibility index (Phi) is 9.53. The van der Waals surface area contributed by atoms with Crippen LogP contribution in [0.2, 0.25) is 5.02 Å². The molecule has 4 aliphatic rings. The highest BCUT2D eigenvalue weighted by molar-refractivity contribution is 6.30. The zero-order chi connectivity index (χ0) is 29.0. The lowest BCUT2D eigenvalue weighted by molar-refractivity contribution is -0.142. The number of morpholine rings is 1. The van der Waals surface area contributed by atoms with Gasteiger partial charge in [0.25, 0.3) is 0 Å². The van der Waals surface area contributed by atoms with Crippen LogP contribution in [0.15, 0.2) is 36.9 Å². The first-order chi connectivity index (χ1) is 20.4. The summed E-state index contributed by atoms with van der Waals surface area (Å²) in [6, 6.07) is 8.53. The summed E-state index contributed by atoms with van der Waals surface area (Å²) in [6.45, 7) is 6.13. The van der Waals surface area contributed by atoms with Gasteiger partial charge in [-0.1, -0.05) is 43.0 Å². The van der Waals surface area contributed by atoms with E-state index in [2.05, 4.69) is 32.0 Å². The number of halogens is 1. The summed E-state index contributed by atoms with van der Waals surface area (Å²) < 4.78 is 7.62. The predicted molar refractivity (Wildman–Crippen MR) is 165 cm³/mol. The molecule has 1 atom stereocenters. The van der Waals surface area contributed by atoms with E-state index >= 15 is 0 Å². The second kappa shape index (κ2) is 13.3. The molecule has 230 valence electrons. The summed E-state index contributed by atoms with van der Waals surface area (Å²) >= 11 is 6.22. The molecule has 9 heteroatoms. The number of nitrogens with zero attached hydrogens (tertiary/aromatic N) is 5. The van der Waals surface area contributed by atoms with Crippen LogP contribution in [0.3, 0.4) is 0 Å². The molecule has 3 heterocycles. The van der Waals surface area contributed by atoms with Crippen LogP contribution < -0.4 is 5.73 Å². The van der Waals surface area contributed by atoms with E-state index < -0.39 is 5.54 Å². The number of piperidine rings is 1. The van der Waals surface area contributed by atoms with Crippen molar-refractivity contribution >= 4 is 17.5 Å². The molecule has 42 heavy (non-hydrogen) atoms. The summed E-state index contributed by atoms with van der Waals surface area (Å²) in [7, 11) is 0. The number of hydrogen-bond acceptors (Lipinski definition) is 6. The Bertz CT molecular complexity index is 1130. The van der Waals surface area contributed by atoms with E-state index in [1.54, 1.807) is 6.33 Å². The number of benzene rings is 1. The number of carbonyl (C=O) groups is 1. The molecular formula is C33H49ClN6O2. The third-order valence-corrected chi connectivity index (χ3v) is 11.5. The molecular weight excluding hydrogens is 548 g/mol. The number of nitrogens with two attached hydrogens (primary N) is 1. The Hall–Kier alpha value is -2.00. The molecule has 8 nitrogen and oxygen atoms in total. The fourth-order valence-electron chi connectivity index (χ4n) is 8.63. The van der Waals surface area contributed by atoms with Crippen molar-refractivity contribution in [2.45, 2.75) is 95.2 Å². The van der Waals surface area contributed by atoms with E-state index in [1.165, 1.54) is 32.1 Å². The highest BCUT2D eigenvalue weighted by Gasteiger charge is 2.48. The number of likely N-dealkylation sites (tertiary alicyclic amines) is 1. The molecule has 1 amide bonds. The van der Waals surface area contributed by atoms with E-state index in [1.807, 2.05) is 23.1 Å². The zero-order valence-corrected chi connectivity index (χ0v) is 25.9. The quantitative estimate of drug-likeness (QED) is 0.464. The fourth-order valence-corrected chi connectivity index (χ4v) is 8.76. The zero-order valence-electron chi connectivity index (χ0n) is 25.1. The van der Waals surface area contributed by atoms with Gasteiger partial charge < -0.3 is 15.4 Å². The first-order valence-corrected chi connectivity index (χ1v) is 16.8. The second-order valence-corrected chi connectivity index (χ2v) is 14.0. The summed E-state index contributed by atoms with van der Waals surface area (Å²) in [6.07, 6.45) is 16.6. The van der Waals surface area contributed by atoms with Crippen molar-refractivity contribution in [3.63, 3.8) is 0 Å². The summed E-state index contributed by atoms with van der Waals surface area (Å²) in [5.74, 6) is 0.700. The number of carbonyl (C=O) groups excluding carboxylic acids is 1. The van der Waals surface area contributed by atoms with E-state index in [-0.39, 0.29) is 17.2 Å². The van der Waals surface area contributed by atoms with E-state index in [4.69, 9.17) is 22.1 Å². The maximum atomic E-state index is 14.5. The Morgan fingerprint density at radius 1 is 0.976 bits per heavy atom. The average molecular weight is 597 g/mol. The van der Waals surface area contributed by atoms with Crippen LogP contribution in [0.5, 0.6) is 0 Å². The summed E-state index contributed by atoms with van der Waals surface area (Å²) in [5.41, 5.74) is 8.11. The molecule has 2 saturated heterocycles. The topological polar surface area (TPSA) is 89.5 Å². The number of rotatable bonds is 8. The van der Waals surface area contributed by atoms with Gasteiger partial charge in [0.15, 0.2) is 0 Å². The minimum Gasteiger partial charge on any atom is -0.379 e. The van der Waals surface area contributed by atoms with Crippen LogP contribution >= 0.6 is 11.6 Å². The summed E-state index contributed by atoms with van der Waals surface area (Å²) in [4.78, 5) is 23.5. The van der Waals surface area contributed by atoms with Gasteiger partial charge in [0.2, 0.25) is 5.91 Å². The third kappa shape index (κ3) is 6.72. The number of hydrogen-bond donors (Lipinski definition) is 1. The largest absolute Gasteiger partial charge is 0.379 e. The maximum absolute atomic E-state index is 14.5. The van der Waals surface area contributed by atoms with E-state index in [0.717, 1.165) is 95.0 Å². The van der Waals surface area contributed by atoms with Crippen LogP contribution in [-0.4, -0.2) is 81.4 Å². The molecule has 2 aliphatic heterocycles. The first-order valence-electron chi connectivity index (χ1n) is 16.4. The normalized spacial score (nSPS) is 28.4. The van der Waals surface area contributed by atoms with Crippen molar-refractivity contribution in [2.24, 2.45) is 23.0 Å². The SMILES string of the molecule is NC1([C@@H](Cc2ccc(Cl)cc2)C(=O)N2CCC(Cn3cncn3)(C3CCCCC3)CC2)CCC(N2CCOCC2)CC1. The molecule has 2 aliphatic carbocycles. The Morgan fingerprint density at radius 3 is 2.31 bits per heavy atom. The number of ether oxygens (including phenoxy) is 1. The standard InChI is InChI=1S/C33H49ClN6O2/c34-28-8-6-26(7-9-28)22-30(33(35)12-10-29(11-13-33)38-18-20-42-21-19-38)31(41)39-16-14-32(15-17-39,23-40-25-36-24-37-40)27-4-2-1-3-5-27/h6-9,24-25,27,29-30H,1-5,10-23,35H2/t29?,30-,33?/m0/s1. The molecule has 0 spiro atoms. The minimum atomic E-state index is -0.502. The smallest absolute Gasteiger partial charge is 0.227 e. The number of aromatic nitrogens is 3. The first kappa shape index (κ1) is 30.0. The molecule has 4 fully saturated rings. The van der Waals surface area contributed by atoms with Gasteiger partial charge in [0, 0.05) is 49.3 Å². The average Bonchev–Trinajstić information content (AvgIpc) is 3.55. The maximum Gasteiger partial charge on any atom is 0.227 e. The number of amides is 1. The van der Waals surface area contributed by atoms with Crippen LogP contribution in [0.1, 0.15) is 76.2 Å². The molecule has 2 aromatic rings. The molecule has 2 N–H and O–H groups in total. The molecule has 6 rings (SSSR count). The molecule has 0 radical (unpaired) electrons. The van der Waals surface area contributed by atoms with Gasteiger partial charge >= 0.3 is 0 Å². The molecule has 2 saturated carbocycles. The summed E-state index contributed by atoms with van der Waals surface area (Å²) in [5, 5.41) is 5.20. The Morgan fingerprint density at radius 2 is 1.67 bits per heavy atom. The van der Waals surface area contributed by atoms with E-state index in [9.17, 15) is 4.79 Å². The monoisotopic (exact) mass is 596 g/mol. The van der Waals surface area contributed by atoms with Crippen LogP contribution in [0.4, 0.5) is 0 Å². The Balaban J connectivity index is 1.18. The van der Waals surface area contributed by atoms with Gasteiger partial charge in [-0.2, -0.15) is 5.10 Å². The van der Waals surface area contributed by atoms with Crippen LogP contribution in [0, 0.1) is 17.3 Å². The predicted octanol–water partition coefficient (Wildman–Crippen LogP) is 4.95. The van der Waals surface area contributed by atoms with Crippen molar-refractivity contribution < 1.29 is 9.53 Å². The third-order valence-electron chi connectivity index (χ3n) is 11.3. The highest BCUT2D eigenvalue weighted by atomic mass is 35.5. The molecule has 0 bridgehead atoms. The minimum absolute atomic E-state index is 0.174. The molecule has 1 aromatic heterocycles. The van der Waals surface area contributed by atoms with Gasteiger partial charge in [-0.15, -0.1) is 0 Å². The fraction of sp³-hybridized carbons (Fsp3) is 0.727. The lowest BCUT2D eigenvalue weighted by Gasteiger charge is -2.50. The van der Waals surface area contributed by atoms with Gasteiger partial charge in [-0.3, -0.25) is 14.4 Å². The van der Waals surface area contributed by atoms with Crippen molar-refractivity contribution in [1.82, 2.24) is 24.6 Å². The van der Waals surface area contributed by atoms with Gasteiger partial charge in [0.1, 0.15) is 12.7 Å². The van der Waals surface area contributed by atoms with Crippen molar-refractivity contribution in [1.29, 1.82) is 0 Å². The second-order valence-electron chi connectivity index (χ2n) is 13.6. The lowest BCUT2D eigenvalue weighted by atomic mass is 9.63. The van der Waals surface area contributed by atoms with Crippen molar-refractivity contribution in [2.75, 3.05) is 39.4 Å². The molecule has 1 aromatic carbocycles. The molecule has 0 unspecified atom stereocenters. The van der Waals surface area contributed by atoms with E-state index in [0.29, 0.717) is 18.4 Å². The van der Waals surface area contributed by atoms with Gasteiger partial charge in [-0.25, -0.2) is 4.98 Å². The van der Waals surface area contributed by atoms with Crippen molar-refractivity contribution in [3.05, 3.63) is 47.5 Å². The van der Waals surface area contributed by atoms with Crippen LogP contribution in [0.25, 0.3) is 0 Å². The van der Waals surface area contributed by atoms with Gasteiger partial charge in [-0.05, 0) is 86.8 Å². The van der Waals surface area contributed by atoms with Gasteiger partial charge in [0.05, 0.1) is 19.1 Å². The van der Waals surface area contributed by atoms with Crippen molar-refractivity contribution in [3.8, 4) is 0 Å².